The Morgan fingerprint density at radius 2 is 1.86 bits per heavy atom. The van der Waals surface area contributed by atoms with E-state index in [4.69, 9.17) is 23.2 Å². The van der Waals surface area contributed by atoms with Crippen LogP contribution in [0.3, 0.4) is 0 Å². The molecular weight excluding hydrogens is 521 g/mol. The molecule has 6 nitrogen and oxygen atoms in total. The molecule has 0 radical (unpaired) electrons. The number of alkyl halides is 2. The van der Waals surface area contributed by atoms with E-state index in [1.807, 2.05) is 0 Å². The van der Waals surface area contributed by atoms with Crippen molar-refractivity contribution < 1.29 is 28.2 Å². The molecule has 4 rings (SSSR count). The Morgan fingerprint density at radius 1 is 1.11 bits per heavy atom. The van der Waals surface area contributed by atoms with Gasteiger partial charge >= 0.3 is 6.61 Å². The second-order valence-electron chi connectivity index (χ2n) is 8.22. The zero-order valence-electron chi connectivity index (χ0n) is 18.3. The van der Waals surface area contributed by atoms with Crippen LogP contribution >= 0.6 is 34.5 Å². The zero-order chi connectivity index (χ0) is 25.1. The van der Waals surface area contributed by atoms with Crippen molar-refractivity contribution in [3.63, 3.8) is 0 Å². The maximum atomic E-state index is 12.9. The van der Waals surface area contributed by atoms with Gasteiger partial charge in [-0.3, -0.25) is 9.59 Å². The third-order valence-corrected chi connectivity index (χ3v) is 7.40. The topological polar surface area (TPSA) is 78.9 Å². The molecule has 1 aromatic heterocycles. The lowest BCUT2D eigenvalue weighted by Gasteiger charge is -2.28. The van der Waals surface area contributed by atoms with Crippen LogP contribution in [0.5, 0.6) is 5.75 Å². The number of Topliss-reactive ketones (excluding diaryl/α,β-unsaturated/α-hetero) is 1. The highest BCUT2D eigenvalue weighted by atomic mass is 35.5. The number of carbonyl (C=O) groups is 2. The number of thiophene rings is 1. The summed E-state index contributed by atoms with van der Waals surface area (Å²) < 4.78 is 30.2. The van der Waals surface area contributed by atoms with Crippen LogP contribution in [0.25, 0.3) is 10.1 Å². The van der Waals surface area contributed by atoms with Crippen LogP contribution in [0.2, 0.25) is 10.0 Å². The number of hydrogen-bond donors (Lipinski definition) is 2. The lowest BCUT2D eigenvalue weighted by Crippen LogP contribution is -2.48. The number of benzene rings is 2. The van der Waals surface area contributed by atoms with E-state index in [0.29, 0.717) is 17.1 Å². The third-order valence-electron chi connectivity index (χ3n) is 5.78. The molecule has 1 aliphatic rings. The van der Waals surface area contributed by atoms with Crippen LogP contribution in [0.4, 0.5) is 8.78 Å². The first-order valence-corrected chi connectivity index (χ1v) is 12.5. The second-order valence-corrected chi connectivity index (χ2v) is 10.2. The molecule has 1 saturated heterocycles. The Labute approximate surface area is 214 Å². The van der Waals surface area contributed by atoms with Gasteiger partial charge in [0.1, 0.15) is 11.9 Å². The minimum absolute atomic E-state index is 0.104. The fourth-order valence-electron chi connectivity index (χ4n) is 4.06. The summed E-state index contributed by atoms with van der Waals surface area (Å²) in [6, 6.07) is 9.93. The SMILES string of the molecule is O=C(N[C@H](CN1CCCC1)[C@H](O)c1ccc(OC(F)F)c(Cl)c1)C(=O)c1cc2ccc(Cl)cc2s1. The largest absolute Gasteiger partial charge is 0.433 e. The van der Waals surface area contributed by atoms with Crippen molar-refractivity contribution in [3.8, 4) is 5.75 Å². The van der Waals surface area contributed by atoms with E-state index in [0.717, 1.165) is 47.4 Å². The quantitative estimate of drug-likeness (QED) is 0.283. The van der Waals surface area contributed by atoms with Gasteiger partial charge in [-0.25, -0.2) is 0 Å². The van der Waals surface area contributed by atoms with Gasteiger partial charge in [-0.05, 0) is 67.2 Å². The molecule has 2 atom stereocenters. The monoisotopic (exact) mass is 542 g/mol. The van der Waals surface area contributed by atoms with Crippen molar-refractivity contribution in [2.24, 2.45) is 0 Å². The number of nitrogens with one attached hydrogen (secondary N) is 1. The Kier molecular flexibility index (Phi) is 8.23. The maximum absolute atomic E-state index is 12.9. The molecule has 186 valence electrons. The minimum atomic E-state index is -3.04. The number of likely N-dealkylation sites (tertiary alicyclic amines) is 1. The molecule has 1 amide bonds. The van der Waals surface area contributed by atoms with Gasteiger partial charge in [-0.1, -0.05) is 35.3 Å². The number of nitrogens with zero attached hydrogens (tertiary/aromatic N) is 1. The molecule has 2 N–H and O–H groups in total. The summed E-state index contributed by atoms with van der Waals surface area (Å²) in [6.45, 7) is -1.14. The van der Waals surface area contributed by atoms with Crippen molar-refractivity contribution in [1.82, 2.24) is 10.2 Å². The highest BCUT2D eigenvalue weighted by Crippen LogP contribution is 2.31. The smallest absolute Gasteiger partial charge is 0.387 e. The molecule has 3 aromatic rings. The molecule has 11 heteroatoms. The Balaban J connectivity index is 1.54. The summed E-state index contributed by atoms with van der Waals surface area (Å²) in [5, 5.41) is 15.0. The molecule has 1 fully saturated rings. The number of rotatable bonds is 9. The van der Waals surface area contributed by atoms with E-state index in [1.165, 1.54) is 18.2 Å². The van der Waals surface area contributed by atoms with E-state index in [1.54, 1.807) is 24.3 Å². The molecule has 1 aliphatic heterocycles. The van der Waals surface area contributed by atoms with Crippen molar-refractivity contribution in [2.45, 2.75) is 31.6 Å². The molecule has 0 unspecified atom stereocenters. The van der Waals surface area contributed by atoms with Crippen LogP contribution < -0.4 is 10.1 Å². The zero-order valence-corrected chi connectivity index (χ0v) is 20.7. The van der Waals surface area contributed by atoms with Gasteiger partial charge < -0.3 is 20.1 Å². The van der Waals surface area contributed by atoms with Gasteiger partial charge in [0.05, 0.1) is 15.9 Å². The first kappa shape index (κ1) is 25.8. The summed E-state index contributed by atoms with van der Waals surface area (Å²) in [4.78, 5) is 28.1. The van der Waals surface area contributed by atoms with Crippen LogP contribution in [0, 0.1) is 0 Å². The number of aliphatic hydroxyl groups excluding tert-OH is 1. The average Bonchev–Trinajstić information content (AvgIpc) is 3.48. The highest BCUT2D eigenvalue weighted by molar-refractivity contribution is 7.21. The number of carbonyl (C=O) groups excluding carboxylic acids is 2. The number of ether oxygens (including phenoxy) is 1. The average molecular weight is 543 g/mol. The molecule has 0 saturated carbocycles. The third kappa shape index (κ3) is 6.29. The number of hydrogen-bond acceptors (Lipinski definition) is 6. The Bertz CT molecular complexity index is 1230. The van der Waals surface area contributed by atoms with Gasteiger partial charge in [0.15, 0.2) is 0 Å². The van der Waals surface area contributed by atoms with E-state index < -0.39 is 30.4 Å². The Morgan fingerprint density at radius 3 is 2.54 bits per heavy atom. The van der Waals surface area contributed by atoms with E-state index in [2.05, 4.69) is 15.0 Å². The molecule has 0 aliphatic carbocycles. The summed E-state index contributed by atoms with van der Waals surface area (Å²) in [7, 11) is 0. The molecular formula is C24H22Cl2F2N2O4S. The predicted molar refractivity (Wildman–Crippen MR) is 132 cm³/mol. The lowest BCUT2D eigenvalue weighted by molar-refractivity contribution is -0.118. The number of halogens is 4. The number of amides is 1. The van der Waals surface area contributed by atoms with Crippen molar-refractivity contribution >= 4 is 56.3 Å². The van der Waals surface area contributed by atoms with E-state index in [-0.39, 0.29) is 15.6 Å². The summed E-state index contributed by atoms with van der Waals surface area (Å²) in [5.41, 5.74) is 0.296. The fraction of sp³-hybridized carbons (Fsp3) is 0.333. The van der Waals surface area contributed by atoms with Gasteiger partial charge in [-0.15, -0.1) is 11.3 Å². The molecule has 2 aromatic carbocycles. The molecule has 0 spiro atoms. The molecule has 2 heterocycles. The fourth-order valence-corrected chi connectivity index (χ4v) is 5.56. The standard InChI is InChI=1S/C24H22Cl2F2N2O4S/c25-15-5-3-13-10-20(35-19(13)11-15)22(32)23(33)29-17(12-30-7-1-2-8-30)21(31)14-4-6-18(16(26)9-14)34-24(27)28/h3-6,9-11,17,21,24,31H,1-2,7-8,12H2,(H,29,33)/t17-,21-/m1/s1. The predicted octanol–water partition coefficient (Wildman–Crippen LogP) is 5.31. The van der Waals surface area contributed by atoms with Crippen LogP contribution in [-0.4, -0.2) is 54.0 Å². The molecule has 0 bridgehead atoms. The number of fused-ring (bicyclic) bond motifs is 1. The number of aliphatic hydroxyl groups is 1. The first-order chi connectivity index (χ1) is 16.7. The highest BCUT2D eigenvalue weighted by Gasteiger charge is 2.30. The summed E-state index contributed by atoms with van der Waals surface area (Å²) in [5.74, 6) is -1.80. The van der Waals surface area contributed by atoms with E-state index >= 15 is 0 Å². The lowest BCUT2D eigenvalue weighted by atomic mass is 10.0. The van der Waals surface area contributed by atoms with Crippen molar-refractivity contribution in [1.29, 1.82) is 0 Å². The second kappa shape index (κ2) is 11.2. The van der Waals surface area contributed by atoms with Crippen LogP contribution in [0.1, 0.15) is 34.2 Å². The maximum Gasteiger partial charge on any atom is 0.387 e. The van der Waals surface area contributed by atoms with Crippen molar-refractivity contribution in [3.05, 3.63) is 63.0 Å². The van der Waals surface area contributed by atoms with Gasteiger partial charge in [0.2, 0.25) is 0 Å². The normalized spacial score (nSPS) is 15.9. The van der Waals surface area contributed by atoms with Crippen LogP contribution in [-0.2, 0) is 4.79 Å². The summed E-state index contributed by atoms with van der Waals surface area (Å²) in [6.07, 6.45) is 0.739. The van der Waals surface area contributed by atoms with Gasteiger partial charge in [0.25, 0.3) is 11.7 Å². The van der Waals surface area contributed by atoms with Crippen molar-refractivity contribution in [2.75, 3.05) is 19.6 Å². The van der Waals surface area contributed by atoms with E-state index in [9.17, 15) is 23.5 Å². The van der Waals surface area contributed by atoms with Gasteiger partial charge in [-0.2, -0.15) is 8.78 Å². The molecule has 35 heavy (non-hydrogen) atoms. The minimum Gasteiger partial charge on any atom is -0.433 e. The van der Waals surface area contributed by atoms with Crippen LogP contribution in [0.15, 0.2) is 42.5 Å². The first-order valence-electron chi connectivity index (χ1n) is 10.9. The Hall–Kier alpha value is -2.30. The van der Waals surface area contributed by atoms with Gasteiger partial charge in [0, 0.05) is 16.3 Å². The number of ketones is 1. The summed E-state index contributed by atoms with van der Waals surface area (Å²) >= 11 is 13.2.